The fourth-order valence-electron chi connectivity index (χ4n) is 1.55. The molecule has 16 heavy (non-hydrogen) atoms. The second-order valence-electron chi connectivity index (χ2n) is 3.55. The van der Waals surface area contributed by atoms with Gasteiger partial charge in [-0.1, -0.05) is 6.92 Å². The first-order valence-corrected chi connectivity index (χ1v) is 6.18. The van der Waals surface area contributed by atoms with E-state index in [0.717, 1.165) is 24.5 Å². The second kappa shape index (κ2) is 4.99. The molecule has 0 saturated heterocycles. The molecule has 0 aliphatic carbocycles. The lowest BCUT2D eigenvalue weighted by atomic mass is 10.2. The molecule has 4 heteroatoms. The van der Waals surface area contributed by atoms with Gasteiger partial charge in [0.2, 0.25) is 0 Å². The molecule has 3 N–H and O–H groups in total. The van der Waals surface area contributed by atoms with Crippen LogP contribution in [-0.4, -0.2) is 4.98 Å². The number of nitrogen functional groups attached to an aromatic ring is 1. The molecule has 2 aromatic rings. The van der Waals surface area contributed by atoms with Gasteiger partial charge >= 0.3 is 0 Å². The zero-order valence-corrected chi connectivity index (χ0v) is 10.1. The minimum Gasteiger partial charge on any atom is -0.399 e. The number of hydrogen-bond acceptors (Lipinski definition) is 4. The zero-order chi connectivity index (χ0) is 11.4. The van der Waals surface area contributed by atoms with E-state index in [9.17, 15) is 0 Å². The third kappa shape index (κ3) is 2.52. The number of nitrogens with one attached hydrogen (secondary N) is 1. The average Bonchev–Trinajstić information content (AvgIpc) is 2.74. The average molecular weight is 233 g/mol. The van der Waals surface area contributed by atoms with E-state index in [2.05, 4.69) is 28.7 Å². The van der Waals surface area contributed by atoms with E-state index < -0.39 is 0 Å². The van der Waals surface area contributed by atoms with Gasteiger partial charge in [-0.25, -0.2) is 4.98 Å². The third-order valence-electron chi connectivity index (χ3n) is 2.43. The molecule has 2 heterocycles. The lowest BCUT2D eigenvalue weighted by Crippen LogP contribution is -2.02. The Morgan fingerprint density at radius 1 is 1.44 bits per heavy atom. The van der Waals surface area contributed by atoms with Gasteiger partial charge in [0.1, 0.15) is 5.82 Å². The number of aryl methyl sites for hydroxylation is 1. The van der Waals surface area contributed by atoms with Crippen LogP contribution in [0.2, 0.25) is 0 Å². The summed E-state index contributed by atoms with van der Waals surface area (Å²) >= 11 is 1.78. The van der Waals surface area contributed by atoms with Gasteiger partial charge in [-0.2, -0.15) is 0 Å². The first-order chi connectivity index (χ1) is 7.79. The number of nitrogens with two attached hydrogens (primary N) is 1. The van der Waals surface area contributed by atoms with Gasteiger partial charge in [0.15, 0.2) is 0 Å². The van der Waals surface area contributed by atoms with Crippen LogP contribution < -0.4 is 11.1 Å². The highest BCUT2D eigenvalue weighted by molar-refractivity contribution is 7.10. The molecular weight excluding hydrogens is 218 g/mol. The first kappa shape index (κ1) is 11.0. The molecule has 0 bridgehead atoms. The van der Waals surface area contributed by atoms with Crippen LogP contribution in [0.3, 0.4) is 0 Å². The molecular formula is C12H15N3S. The first-order valence-electron chi connectivity index (χ1n) is 5.30. The largest absolute Gasteiger partial charge is 0.399 e. The summed E-state index contributed by atoms with van der Waals surface area (Å²) in [5, 5.41) is 5.41. The van der Waals surface area contributed by atoms with Crippen molar-refractivity contribution < 1.29 is 0 Å². The predicted molar refractivity (Wildman–Crippen MR) is 69.7 cm³/mol. The maximum atomic E-state index is 5.69. The molecule has 0 unspecified atom stereocenters. The number of rotatable bonds is 4. The molecule has 2 rings (SSSR count). The summed E-state index contributed by atoms with van der Waals surface area (Å²) in [6.45, 7) is 2.99. The van der Waals surface area contributed by atoms with Crippen molar-refractivity contribution in [1.82, 2.24) is 4.98 Å². The van der Waals surface area contributed by atoms with Gasteiger partial charge in [-0.05, 0) is 29.5 Å². The van der Waals surface area contributed by atoms with E-state index in [1.807, 2.05) is 6.07 Å². The molecule has 0 fully saturated rings. The van der Waals surface area contributed by atoms with Gasteiger partial charge in [-0.3, -0.25) is 0 Å². The van der Waals surface area contributed by atoms with Crippen molar-refractivity contribution in [3.05, 3.63) is 40.2 Å². The quantitative estimate of drug-likeness (QED) is 0.853. The number of aromatic nitrogens is 1. The standard InChI is InChI=1S/C12H15N3S/c1-2-9-4-6-16-11(9)8-15-12-7-10(13)3-5-14-12/h3-7H,2,8H2,1H3,(H3,13,14,15). The topological polar surface area (TPSA) is 50.9 Å². The van der Waals surface area contributed by atoms with Crippen molar-refractivity contribution in [3.63, 3.8) is 0 Å². The molecule has 2 aromatic heterocycles. The smallest absolute Gasteiger partial charge is 0.128 e. The summed E-state index contributed by atoms with van der Waals surface area (Å²) in [7, 11) is 0. The second-order valence-corrected chi connectivity index (χ2v) is 4.55. The Hall–Kier alpha value is -1.55. The molecule has 3 nitrogen and oxygen atoms in total. The maximum absolute atomic E-state index is 5.69. The Morgan fingerprint density at radius 2 is 2.31 bits per heavy atom. The highest BCUT2D eigenvalue weighted by Crippen LogP contribution is 2.19. The van der Waals surface area contributed by atoms with Gasteiger partial charge in [-0.15, -0.1) is 11.3 Å². The summed E-state index contributed by atoms with van der Waals surface area (Å²) in [4.78, 5) is 5.58. The molecule has 0 atom stereocenters. The maximum Gasteiger partial charge on any atom is 0.128 e. The number of anilines is 2. The summed E-state index contributed by atoms with van der Waals surface area (Å²) < 4.78 is 0. The molecule has 84 valence electrons. The van der Waals surface area contributed by atoms with Gasteiger partial charge < -0.3 is 11.1 Å². The van der Waals surface area contributed by atoms with Crippen molar-refractivity contribution in [2.75, 3.05) is 11.1 Å². The molecule has 0 aliphatic rings. The van der Waals surface area contributed by atoms with E-state index in [0.29, 0.717) is 0 Å². The lowest BCUT2D eigenvalue weighted by molar-refractivity contribution is 1.07. The molecule has 0 amide bonds. The Balaban J connectivity index is 2.02. The number of thiophene rings is 1. The summed E-state index contributed by atoms with van der Waals surface area (Å²) in [5.74, 6) is 0.829. The van der Waals surface area contributed by atoms with Crippen molar-refractivity contribution in [2.24, 2.45) is 0 Å². The number of nitrogens with zero attached hydrogens (tertiary/aromatic N) is 1. The van der Waals surface area contributed by atoms with Crippen LogP contribution in [0.25, 0.3) is 0 Å². The van der Waals surface area contributed by atoms with Gasteiger partial charge in [0.05, 0.1) is 6.54 Å². The normalized spacial score (nSPS) is 10.3. The van der Waals surface area contributed by atoms with E-state index in [-0.39, 0.29) is 0 Å². The SMILES string of the molecule is CCc1ccsc1CNc1cc(N)ccn1. The fraction of sp³-hybridized carbons (Fsp3) is 0.250. The van der Waals surface area contributed by atoms with Crippen molar-refractivity contribution in [2.45, 2.75) is 19.9 Å². The van der Waals surface area contributed by atoms with Crippen LogP contribution in [0, 0.1) is 0 Å². The van der Waals surface area contributed by atoms with Crippen molar-refractivity contribution >= 4 is 22.8 Å². The van der Waals surface area contributed by atoms with Crippen molar-refractivity contribution in [1.29, 1.82) is 0 Å². The Kier molecular flexibility index (Phi) is 3.41. The van der Waals surface area contributed by atoms with Crippen LogP contribution in [0.5, 0.6) is 0 Å². The molecule has 0 saturated carbocycles. The molecule has 0 aromatic carbocycles. The van der Waals surface area contributed by atoms with Crippen LogP contribution in [0.15, 0.2) is 29.8 Å². The van der Waals surface area contributed by atoms with Crippen LogP contribution in [-0.2, 0) is 13.0 Å². The van der Waals surface area contributed by atoms with E-state index in [1.165, 1.54) is 10.4 Å². The summed E-state index contributed by atoms with van der Waals surface area (Å²) in [6.07, 6.45) is 2.79. The van der Waals surface area contributed by atoms with Crippen LogP contribution >= 0.6 is 11.3 Å². The van der Waals surface area contributed by atoms with E-state index >= 15 is 0 Å². The Bertz CT molecular complexity index is 465. The lowest BCUT2D eigenvalue weighted by Gasteiger charge is -2.06. The molecule has 0 spiro atoms. The molecule has 0 radical (unpaired) electrons. The predicted octanol–water partition coefficient (Wildman–Crippen LogP) is 2.90. The highest BCUT2D eigenvalue weighted by atomic mass is 32.1. The minimum atomic E-state index is 0.736. The summed E-state index contributed by atoms with van der Waals surface area (Å²) in [6, 6.07) is 5.81. The Morgan fingerprint density at radius 3 is 3.06 bits per heavy atom. The van der Waals surface area contributed by atoms with E-state index in [4.69, 9.17) is 5.73 Å². The number of hydrogen-bond donors (Lipinski definition) is 2. The summed E-state index contributed by atoms with van der Waals surface area (Å²) in [5.41, 5.74) is 7.83. The fourth-order valence-corrected chi connectivity index (χ4v) is 2.47. The number of pyridine rings is 1. The monoisotopic (exact) mass is 233 g/mol. The van der Waals surface area contributed by atoms with Crippen LogP contribution in [0.4, 0.5) is 11.5 Å². The minimum absolute atomic E-state index is 0.736. The highest BCUT2D eigenvalue weighted by Gasteiger charge is 2.02. The van der Waals surface area contributed by atoms with E-state index in [1.54, 1.807) is 23.6 Å². The third-order valence-corrected chi connectivity index (χ3v) is 3.40. The van der Waals surface area contributed by atoms with Crippen molar-refractivity contribution in [3.8, 4) is 0 Å². The zero-order valence-electron chi connectivity index (χ0n) is 9.23. The Labute approximate surface area is 99.3 Å². The van der Waals surface area contributed by atoms with Crippen LogP contribution in [0.1, 0.15) is 17.4 Å². The van der Waals surface area contributed by atoms with Gasteiger partial charge in [0.25, 0.3) is 0 Å². The molecule has 0 aliphatic heterocycles. The van der Waals surface area contributed by atoms with Gasteiger partial charge in [0, 0.05) is 22.8 Å².